The SMILES string of the molecule is [C-]1=CC=CC1.[C-]1=CC=CC1.[CH2-]CCC.[CH2-]CCC.[Hf+4]. The Balaban J connectivity index is -0.000000178. The normalized spacial score (nSPS) is 12.4. The van der Waals surface area contributed by atoms with E-state index in [-0.39, 0.29) is 25.8 Å². The monoisotopic (exact) mass is 424 g/mol. The third kappa shape index (κ3) is 31.9. The average Bonchev–Trinajstić information content (AvgIpc) is 3.14. The zero-order valence-electron chi connectivity index (χ0n) is 12.6. The minimum absolute atomic E-state index is 0. The largest absolute Gasteiger partial charge is 4.00 e. The van der Waals surface area contributed by atoms with Gasteiger partial charge >= 0.3 is 25.8 Å². The van der Waals surface area contributed by atoms with E-state index in [0.717, 1.165) is 25.7 Å². The van der Waals surface area contributed by atoms with E-state index >= 15 is 0 Å². The van der Waals surface area contributed by atoms with Crippen LogP contribution in [0.2, 0.25) is 0 Å². The molecule has 0 saturated heterocycles. The summed E-state index contributed by atoms with van der Waals surface area (Å²) < 4.78 is 0. The summed E-state index contributed by atoms with van der Waals surface area (Å²) in [6, 6.07) is 0. The van der Waals surface area contributed by atoms with Gasteiger partial charge in [0.25, 0.3) is 0 Å². The fraction of sp³-hybridized carbons (Fsp3) is 0.444. The van der Waals surface area contributed by atoms with Crippen molar-refractivity contribution >= 4 is 0 Å². The molecule has 0 aromatic rings. The van der Waals surface area contributed by atoms with Crippen molar-refractivity contribution in [3.63, 3.8) is 0 Å². The minimum Gasteiger partial charge on any atom is -0.343 e. The molecule has 2 rings (SSSR count). The van der Waals surface area contributed by atoms with Crippen LogP contribution in [0.3, 0.4) is 0 Å². The molecule has 0 aromatic carbocycles. The maximum atomic E-state index is 3.60. The quantitative estimate of drug-likeness (QED) is 0.387. The summed E-state index contributed by atoms with van der Waals surface area (Å²) in [5.74, 6) is 0. The van der Waals surface area contributed by atoms with Gasteiger partial charge in [-0.25, -0.2) is 24.3 Å². The summed E-state index contributed by atoms with van der Waals surface area (Å²) in [6.07, 6.45) is 24.6. The maximum absolute atomic E-state index is 3.60. The first-order valence-corrected chi connectivity index (χ1v) is 6.85. The van der Waals surface area contributed by atoms with Crippen LogP contribution in [0.4, 0.5) is 0 Å². The number of hydrogen-bond acceptors (Lipinski definition) is 0. The predicted octanol–water partition coefficient (Wildman–Crippen LogP) is 5.85. The first-order valence-electron chi connectivity index (χ1n) is 6.85. The summed E-state index contributed by atoms with van der Waals surface area (Å²) >= 11 is 0. The molecule has 0 unspecified atom stereocenters. The molecule has 0 saturated carbocycles. The summed E-state index contributed by atoms with van der Waals surface area (Å²) in [4.78, 5) is 0. The van der Waals surface area contributed by atoms with E-state index in [0.29, 0.717) is 0 Å². The van der Waals surface area contributed by atoms with Crippen molar-refractivity contribution in [3.8, 4) is 0 Å². The zero-order valence-corrected chi connectivity index (χ0v) is 16.2. The van der Waals surface area contributed by atoms with Crippen LogP contribution in [0, 0.1) is 26.0 Å². The molecule has 0 fully saturated rings. The maximum Gasteiger partial charge on any atom is 4.00 e. The first kappa shape index (κ1) is 23.9. The van der Waals surface area contributed by atoms with Crippen LogP contribution >= 0.6 is 0 Å². The number of rotatable bonds is 2. The van der Waals surface area contributed by atoms with E-state index in [4.69, 9.17) is 0 Å². The third-order valence-electron chi connectivity index (χ3n) is 1.88. The molecule has 0 spiro atoms. The Morgan fingerprint density at radius 3 is 1.21 bits per heavy atom. The second kappa shape index (κ2) is 26.4. The second-order valence-electron chi connectivity index (χ2n) is 3.71. The molecule has 2 aliphatic rings. The molecular formula is C18H28Hf. The van der Waals surface area contributed by atoms with Gasteiger partial charge in [0.05, 0.1) is 0 Å². The van der Waals surface area contributed by atoms with E-state index in [2.05, 4.69) is 52.0 Å². The van der Waals surface area contributed by atoms with Gasteiger partial charge in [-0.3, -0.25) is 12.2 Å². The van der Waals surface area contributed by atoms with Crippen molar-refractivity contribution in [2.45, 2.75) is 52.4 Å². The molecule has 0 bridgehead atoms. The van der Waals surface area contributed by atoms with Crippen molar-refractivity contribution in [3.05, 3.63) is 62.5 Å². The van der Waals surface area contributed by atoms with Crippen molar-refractivity contribution in [2.24, 2.45) is 0 Å². The Morgan fingerprint density at radius 2 is 1.16 bits per heavy atom. The topological polar surface area (TPSA) is 0 Å². The summed E-state index contributed by atoms with van der Waals surface area (Å²) in [5, 5.41) is 0. The number of allylic oxidation sites excluding steroid dienone is 8. The van der Waals surface area contributed by atoms with E-state index < -0.39 is 0 Å². The minimum atomic E-state index is 0. The fourth-order valence-electron chi connectivity index (χ4n) is 0.680. The van der Waals surface area contributed by atoms with Crippen molar-refractivity contribution < 1.29 is 25.8 Å². The Kier molecular flexibility index (Phi) is 33.2. The third-order valence-corrected chi connectivity index (χ3v) is 1.88. The van der Waals surface area contributed by atoms with Gasteiger partial charge in [0.2, 0.25) is 0 Å². The van der Waals surface area contributed by atoms with Gasteiger partial charge in [0.1, 0.15) is 0 Å². The van der Waals surface area contributed by atoms with Gasteiger partial charge in [-0.15, -0.1) is 12.8 Å². The van der Waals surface area contributed by atoms with Crippen LogP contribution in [-0.2, 0) is 25.8 Å². The Bertz CT molecular complexity index is 184. The number of unbranched alkanes of at least 4 members (excludes halogenated alkanes) is 2. The molecular weight excluding hydrogens is 395 g/mol. The molecule has 1 heteroatoms. The van der Waals surface area contributed by atoms with Crippen LogP contribution in [0.25, 0.3) is 0 Å². The standard InChI is InChI=1S/2C5H5.2C4H9.Hf/c2*1-2-4-5-3-1;2*1-3-4-2;/h2*1-3H,4H2;2*1,3-4H2,2H3;/q4*-1;+4. The van der Waals surface area contributed by atoms with Crippen LogP contribution < -0.4 is 0 Å². The average molecular weight is 423 g/mol. The fourth-order valence-corrected chi connectivity index (χ4v) is 0.680. The van der Waals surface area contributed by atoms with Crippen molar-refractivity contribution in [1.29, 1.82) is 0 Å². The van der Waals surface area contributed by atoms with Gasteiger partial charge in [-0.05, 0) is 0 Å². The molecule has 0 atom stereocenters. The molecule has 0 amide bonds. The van der Waals surface area contributed by atoms with E-state index in [1.165, 1.54) is 12.8 Å². The molecule has 0 N–H and O–H groups in total. The molecule has 0 aromatic heterocycles. The molecule has 0 aliphatic heterocycles. The molecule has 19 heavy (non-hydrogen) atoms. The Labute approximate surface area is 140 Å². The van der Waals surface area contributed by atoms with Crippen molar-refractivity contribution in [2.75, 3.05) is 0 Å². The second-order valence-corrected chi connectivity index (χ2v) is 3.71. The first-order chi connectivity index (χ1) is 8.83. The molecule has 0 radical (unpaired) electrons. The summed E-state index contributed by atoms with van der Waals surface area (Å²) in [6.45, 7) is 11.4. The predicted molar refractivity (Wildman–Crippen MR) is 83.7 cm³/mol. The zero-order chi connectivity index (χ0) is 13.9. The van der Waals surface area contributed by atoms with Crippen LogP contribution in [0.5, 0.6) is 0 Å². The Morgan fingerprint density at radius 1 is 0.842 bits per heavy atom. The van der Waals surface area contributed by atoms with Crippen LogP contribution in [0.1, 0.15) is 52.4 Å². The number of hydrogen-bond donors (Lipinski definition) is 0. The molecule has 2 aliphatic carbocycles. The molecule has 104 valence electrons. The Hall–Kier alpha value is -0.170. The van der Waals surface area contributed by atoms with Gasteiger partial charge in [0, 0.05) is 0 Å². The van der Waals surface area contributed by atoms with E-state index in [1.807, 2.05) is 24.3 Å². The van der Waals surface area contributed by atoms with E-state index in [1.54, 1.807) is 0 Å². The molecule has 0 heterocycles. The van der Waals surface area contributed by atoms with Gasteiger partial charge in [-0.1, -0.05) is 26.7 Å². The van der Waals surface area contributed by atoms with Crippen LogP contribution in [-0.4, -0.2) is 0 Å². The molecule has 0 nitrogen and oxygen atoms in total. The van der Waals surface area contributed by atoms with Gasteiger partial charge in [0.15, 0.2) is 0 Å². The van der Waals surface area contributed by atoms with Crippen LogP contribution in [0.15, 0.2) is 36.5 Å². The van der Waals surface area contributed by atoms with Gasteiger partial charge in [-0.2, -0.15) is 25.0 Å². The van der Waals surface area contributed by atoms with Crippen molar-refractivity contribution in [1.82, 2.24) is 0 Å². The summed E-state index contributed by atoms with van der Waals surface area (Å²) in [5.41, 5.74) is 0. The summed E-state index contributed by atoms with van der Waals surface area (Å²) in [7, 11) is 0. The van der Waals surface area contributed by atoms with E-state index in [9.17, 15) is 0 Å². The van der Waals surface area contributed by atoms with Gasteiger partial charge < -0.3 is 13.8 Å². The smallest absolute Gasteiger partial charge is 0.343 e.